The van der Waals surface area contributed by atoms with Gasteiger partial charge < -0.3 is 44.7 Å². The molecule has 0 radical (unpaired) electrons. The number of carboxylic acid groups (broad SMARTS) is 1. The number of ether oxygens (including phenoxy) is 1. The molecule has 4 aromatic carbocycles. The van der Waals surface area contributed by atoms with E-state index in [1.807, 2.05) is 66.7 Å². The molecule has 2 fully saturated rings. The average molecular weight is 834 g/mol. The number of fused-ring (bicyclic) bond motifs is 1. The van der Waals surface area contributed by atoms with Gasteiger partial charge in [-0.2, -0.15) is 0 Å². The molecule has 4 amide bonds. The van der Waals surface area contributed by atoms with Crippen LogP contribution in [0.5, 0.6) is 0 Å². The van der Waals surface area contributed by atoms with Crippen molar-refractivity contribution in [1.82, 2.24) is 45.4 Å². The minimum atomic E-state index is -1.27. The Kier molecular flexibility index (Phi) is 10.9. The fraction of sp³-hybridized carbons (Fsp3) is 0.239. The Labute approximate surface area is 355 Å². The van der Waals surface area contributed by atoms with Crippen molar-refractivity contribution in [3.05, 3.63) is 138 Å². The average Bonchev–Trinajstić information content (AvgIpc) is 4.16. The van der Waals surface area contributed by atoms with Crippen molar-refractivity contribution in [1.29, 1.82) is 0 Å². The van der Waals surface area contributed by atoms with Crippen LogP contribution in [0.1, 0.15) is 72.6 Å². The van der Waals surface area contributed by atoms with Gasteiger partial charge >= 0.3 is 12.2 Å². The zero-order valence-electron chi connectivity index (χ0n) is 33.7. The van der Waals surface area contributed by atoms with Gasteiger partial charge in [-0.1, -0.05) is 72.8 Å². The normalized spacial score (nSPS) is 17.2. The minimum absolute atomic E-state index is 0.240. The van der Waals surface area contributed by atoms with E-state index in [0.717, 1.165) is 40.9 Å². The van der Waals surface area contributed by atoms with Crippen molar-refractivity contribution in [2.24, 2.45) is 0 Å². The highest BCUT2D eigenvalue weighted by Gasteiger charge is 2.38. The van der Waals surface area contributed by atoms with E-state index in [2.05, 4.69) is 25.6 Å². The van der Waals surface area contributed by atoms with Crippen LogP contribution in [0.25, 0.3) is 45.1 Å². The smallest absolute Gasteiger partial charge is 0.407 e. The summed E-state index contributed by atoms with van der Waals surface area (Å²) in [5.41, 5.74) is 6.56. The Morgan fingerprint density at radius 2 is 1.23 bits per heavy atom. The zero-order chi connectivity index (χ0) is 42.7. The fourth-order valence-electron chi connectivity index (χ4n) is 8.44. The number of hydrogen-bond acceptors (Lipinski definition) is 9. The molecule has 0 saturated carbocycles. The number of carbonyl (C=O) groups is 4. The van der Waals surface area contributed by atoms with Gasteiger partial charge in [-0.3, -0.25) is 9.59 Å². The molecule has 5 N–H and O–H groups in total. The maximum absolute atomic E-state index is 13.9. The highest BCUT2D eigenvalue weighted by Crippen LogP contribution is 2.37. The number of carbonyl (C=O) groups excluding carboxylic acids is 3. The molecule has 0 aliphatic carbocycles. The summed E-state index contributed by atoms with van der Waals surface area (Å²) in [6.45, 7) is 1.01. The van der Waals surface area contributed by atoms with E-state index in [4.69, 9.17) is 19.1 Å². The number of nitrogens with one attached hydrogen (secondary N) is 4. The Bertz CT molecular complexity index is 2730. The number of aromatic nitrogens is 5. The SMILES string of the molecule is COC(=O)NC(C(=O)N1CCC[C@H]1c1ncc(-c2ccc3oc(-c4ccc(-c5cnc([C@@H]6CCCN6C(=O)C(NC(=O)O)c6ccccc6)[nH]5)cc4)nc3c2)[nH]1)c1ccccc1. The van der Waals surface area contributed by atoms with Gasteiger partial charge in [0.1, 0.15) is 29.2 Å². The van der Waals surface area contributed by atoms with Crippen LogP contribution in [-0.4, -0.2) is 84.0 Å². The van der Waals surface area contributed by atoms with Crippen LogP contribution in [0.3, 0.4) is 0 Å². The third-order valence-corrected chi connectivity index (χ3v) is 11.5. The summed E-state index contributed by atoms with van der Waals surface area (Å²) >= 11 is 0. The molecule has 2 unspecified atom stereocenters. The van der Waals surface area contributed by atoms with Crippen LogP contribution < -0.4 is 10.6 Å². The van der Waals surface area contributed by atoms with Crippen molar-refractivity contribution in [3.63, 3.8) is 0 Å². The molecule has 2 saturated heterocycles. The number of rotatable bonds is 11. The molecule has 0 bridgehead atoms. The number of methoxy groups -OCH3 is 1. The standard InChI is InChI=1S/C46H43N9O7/c1-61-46(60)53-39(29-12-6-3-7-13-29)44(57)55-23-9-15-36(55)41-48-26-34(50-41)31-20-21-37-32(24-31)51-42(62-37)30-18-16-27(17-19-30)33-25-47-40(49-33)35-14-8-22-54(35)43(56)38(52-45(58)59)28-10-4-2-5-11-28/h2-7,10-13,16-21,24-26,35-36,38-39,52H,8-9,14-15,22-23H2,1H3,(H,47,49)(H,48,50)(H,53,60)(H,58,59)/t35-,36-,38?,39?/m0/s1. The summed E-state index contributed by atoms with van der Waals surface area (Å²) in [5.74, 6) is 1.18. The van der Waals surface area contributed by atoms with Gasteiger partial charge in [0, 0.05) is 24.2 Å². The van der Waals surface area contributed by atoms with Crippen molar-refractivity contribution in [2.75, 3.05) is 20.2 Å². The summed E-state index contributed by atoms with van der Waals surface area (Å²) in [4.78, 5) is 76.0. The quantitative estimate of drug-likeness (QED) is 0.0857. The lowest BCUT2D eigenvalue weighted by molar-refractivity contribution is -0.135. The second-order valence-corrected chi connectivity index (χ2v) is 15.3. The largest absolute Gasteiger partial charge is 0.465 e. The lowest BCUT2D eigenvalue weighted by atomic mass is 10.1. The Morgan fingerprint density at radius 3 is 1.77 bits per heavy atom. The molecule has 9 rings (SSSR count). The van der Waals surface area contributed by atoms with Gasteiger partial charge in [0.2, 0.25) is 5.89 Å². The molecule has 0 spiro atoms. The van der Waals surface area contributed by atoms with E-state index in [1.54, 1.807) is 58.6 Å². The first-order chi connectivity index (χ1) is 30.2. The maximum Gasteiger partial charge on any atom is 0.407 e. The van der Waals surface area contributed by atoms with Crippen molar-refractivity contribution in [2.45, 2.75) is 49.9 Å². The van der Waals surface area contributed by atoms with Crippen molar-refractivity contribution >= 4 is 35.1 Å². The van der Waals surface area contributed by atoms with Crippen LogP contribution >= 0.6 is 0 Å². The van der Waals surface area contributed by atoms with E-state index in [1.165, 1.54) is 7.11 Å². The molecule has 2 aliphatic rings. The van der Waals surface area contributed by atoms with Crippen LogP contribution in [0.15, 0.2) is 120 Å². The van der Waals surface area contributed by atoms with Crippen LogP contribution in [0.4, 0.5) is 9.59 Å². The number of nitrogens with zero attached hydrogens (tertiary/aromatic N) is 5. The van der Waals surface area contributed by atoms with Gasteiger partial charge in [0.05, 0.1) is 43.0 Å². The first-order valence-corrected chi connectivity index (χ1v) is 20.4. The lowest BCUT2D eigenvalue weighted by Crippen LogP contribution is -2.42. The van der Waals surface area contributed by atoms with Crippen molar-refractivity contribution < 1.29 is 33.4 Å². The predicted molar refractivity (Wildman–Crippen MR) is 227 cm³/mol. The number of aromatic amines is 2. The molecule has 314 valence electrons. The molecule has 2 aliphatic heterocycles. The van der Waals surface area contributed by atoms with E-state index in [9.17, 15) is 24.3 Å². The van der Waals surface area contributed by atoms with Gasteiger partial charge in [-0.25, -0.2) is 24.5 Å². The fourth-order valence-corrected chi connectivity index (χ4v) is 8.44. The summed E-state index contributed by atoms with van der Waals surface area (Å²) in [5, 5.41) is 14.6. The Balaban J connectivity index is 0.885. The number of benzene rings is 4. The van der Waals surface area contributed by atoms with E-state index in [-0.39, 0.29) is 23.9 Å². The Hall–Kier alpha value is -7.75. The number of alkyl carbamates (subject to hydrolysis) is 1. The van der Waals surface area contributed by atoms with Crippen LogP contribution in [-0.2, 0) is 14.3 Å². The van der Waals surface area contributed by atoms with Gasteiger partial charge in [0.15, 0.2) is 5.58 Å². The second kappa shape index (κ2) is 17.1. The summed E-state index contributed by atoms with van der Waals surface area (Å²) < 4.78 is 11.0. The summed E-state index contributed by atoms with van der Waals surface area (Å²) in [7, 11) is 1.27. The predicted octanol–water partition coefficient (Wildman–Crippen LogP) is 7.71. The summed E-state index contributed by atoms with van der Waals surface area (Å²) in [6.07, 6.45) is 4.50. The molecule has 7 aromatic rings. The molecular formula is C46H43N9O7. The van der Waals surface area contributed by atoms with Crippen LogP contribution in [0, 0.1) is 0 Å². The molecule has 16 nitrogen and oxygen atoms in total. The lowest BCUT2D eigenvalue weighted by Gasteiger charge is -2.28. The van der Waals surface area contributed by atoms with Gasteiger partial charge in [0.25, 0.3) is 11.8 Å². The second-order valence-electron chi connectivity index (χ2n) is 15.3. The highest BCUT2D eigenvalue weighted by atomic mass is 16.5. The molecular weight excluding hydrogens is 791 g/mol. The third-order valence-electron chi connectivity index (χ3n) is 11.5. The Morgan fingerprint density at radius 1 is 0.710 bits per heavy atom. The zero-order valence-corrected chi connectivity index (χ0v) is 33.7. The minimum Gasteiger partial charge on any atom is -0.465 e. The molecule has 3 aromatic heterocycles. The van der Waals surface area contributed by atoms with Crippen LogP contribution in [0.2, 0.25) is 0 Å². The topological polar surface area (TPSA) is 212 Å². The highest BCUT2D eigenvalue weighted by molar-refractivity contribution is 5.88. The first kappa shape index (κ1) is 39.7. The van der Waals surface area contributed by atoms with E-state index in [0.29, 0.717) is 65.7 Å². The third kappa shape index (κ3) is 7.97. The van der Waals surface area contributed by atoms with E-state index >= 15 is 0 Å². The number of H-pyrrole nitrogens is 2. The molecule has 5 heterocycles. The summed E-state index contributed by atoms with van der Waals surface area (Å²) in [6, 6.07) is 28.9. The van der Waals surface area contributed by atoms with Gasteiger partial charge in [-0.15, -0.1) is 0 Å². The first-order valence-electron chi connectivity index (χ1n) is 20.4. The number of amides is 4. The molecule has 62 heavy (non-hydrogen) atoms. The monoisotopic (exact) mass is 833 g/mol. The molecule has 4 atom stereocenters. The molecule has 16 heteroatoms. The number of oxazole rings is 1. The number of imidazole rings is 2. The van der Waals surface area contributed by atoms with E-state index < -0.39 is 24.3 Å². The number of hydrogen-bond donors (Lipinski definition) is 5. The maximum atomic E-state index is 13.9. The number of likely N-dealkylation sites (tertiary alicyclic amines) is 2. The van der Waals surface area contributed by atoms with Crippen molar-refractivity contribution in [3.8, 4) is 34.0 Å². The van der Waals surface area contributed by atoms with Gasteiger partial charge in [-0.05, 0) is 72.7 Å².